The van der Waals surface area contributed by atoms with Gasteiger partial charge in [-0.25, -0.2) is 15.0 Å². The molecule has 0 unspecified atom stereocenters. The Morgan fingerprint density at radius 2 is 2.11 bits per heavy atom. The number of nitrogens with one attached hydrogen (secondary N) is 2. The molecule has 0 spiro atoms. The zero-order valence-corrected chi connectivity index (χ0v) is 11.2. The van der Waals surface area contributed by atoms with Gasteiger partial charge in [0.05, 0.1) is 16.1 Å². The van der Waals surface area contributed by atoms with E-state index in [-0.39, 0.29) is 0 Å². The maximum atomic E-state index is 4.51. The number of nitrogens with zero attached hydrogens (tertiary/aromatic N) is 3. The first-order valence-corrected chi connectivity index (χ1v) is 6.47. The van der Waals surface area contributed by atoms with E-state index in [2.05, 4.69) is 25.3 Å². The minimum absolute atomic E-state index is 0.745. The molecular weight excluding hydrogens is 246 g/mol. The van der Waals surface area contributed by atoms with Gasteiger partial charge < -0.3 is 10.3 Å². The van der Waals surface area contributed by atoms with Crippen molar-refractivity contribution in [2.24, 2.45) is 0 Å². The van der Waals surface area contributed by atoms with Gasteiger partial charge in [-0.15, -0.1) is 0 Å². The number of imidazole rings is 1. The molecule has 3 aromatic rings. The highest BCUT2D eigenvalue weighted by Gasteiger charge is 2.13. The number of anilines is 1. The van der Waals surface area contributed by atoms with Crippen molar-refractivity contribution in [2.45, 2.75) is 13.8 Å². The smallest absolute Gasteiger partial charge is 0.183 e. The first kappa shape index (κ1) is 11.2. The van der Waals surface area contributed by atoms with E-state index in [0.717, 1.165) is 38.3 Å². The molecule has 0 aliphatic heterocycles. The van der Waals surface area contributed by atoms with E-state index in [9.17, 15) is 0 Å². The lowest BCUT2D eigenvalue weighted by molar-refractivity contribution is 1.23. The van der Waals surface area contributed by atoms with Gasteiger partial charge in [-0.05, 0) is 25.5 Å². The average molecular weight is 259 g/mol. The van der Waals surface area contributed by atoms with Crippen molar-refractivity contribution in [1.29, 1.82) is 0 Å². The molecule has 18 heavy (non-hydrogen) atoms. The SMILES string of the molecule is CNc1nc(C)c(-c2nc3ncc(C)cc3[nH]2)s1. The average Bonchev–Trinajstić information content (AvgIpc) is 2.91. The summed E-state index contributed by atoms with van der Waals surface area (Å²) < 4.78 is 0. The van der Waals surface area contributed by atoms with Gasteiger partial charge in [0.2, 0.25) is 0 Å². The summed E-state index contributed by atoms with van der Waals surface area (Å²) in [5.41, 5.74) is 3.80. The van der Waals surface area contributed by atoms with Crippen LogP contribution < -0.4 is 5.32 Å². The zero-order valence-electron chi connectivity index (χ0n) is 10.4. The second-order valence-corrected chi connectivity index (χ2v) is 5.15. The number of rotatable bonds is 2. The Kier molecular flexibility index (Phi) is 2.52. The number of thiazole rings is 1. The first-order chi connectivity index (χ1) is 8.67. The molecule has 3 heterocycles. The van der Waals surface area contributed by atoms with Gasteiger partial charge in [0.25, 0.3) is 0 Å². The summed E-state index contributed by atoms with van der Waals surface area (Å²) in [5.74, 6) is 0.833. The number of aromatic nitrogens is 4. The summed E-state index contributed by atoms with van der Waals surface area (Å²) >= 11 is 1.59. The molecule has 2 N–H and O–H groups in total. The number of hydrogen-bond acceptors (Lipinski definition) is 5. The second-order valence-electron chi connectivity index (χ2n) is 4.15. The van der Waals surface area contributed by atoms with E-state index in [1.165, 1.54) is 0 Å². The minimum atomic E-state index is 0.745. The van der Waals surface area contributed by atoms with Crippen molar-refractivity contribution in [3.8, 4) is 10.7 Å². The summed E-state index contributed by atoms with van der Waals surface area (Å²) in [6.45, 7) is 4.00. The van der Waals surface area contributed by atoms with E-state index in [1.807, 2.05) is 33.2 Å². The molecule has 0 fully saturated rings. The van der Waals surface area contributed by atoms with E-state index in [1.54, 1.807) is 11.3 Å². The Morgan fingerprint density at radius 3 is 2.83 bits per heavy atom. The summed E-state index contributed by atoms with van der Waals surface area (Å²) in [7, 11) is 1.87. The second kappa shape index (κ2) is 4.06. The monoisotopic (exact) mass is 259 g/mol. The highest BCUT2D eigenvalue weighted by Crippen LogP contribution is 2.31. The van der Waals surface area contributed by atoms with Crippen LogP contribution >= 0.6 is 11.3 Å². The highest BCUT2D eigenvalue weighted by atomic mass is 32.1. The van der Waals surface area contributed by atoms with Gasteiger partial charge in [0.15, 0.2) is 16.6 Å². The summed E-state index contributed by atoms with van der Waals surface area (Å²) in [6.07, 6.45) is 1.82. The van der Waals surface area contributed by atoms with Crippen LogP contribution in [0.3, 0.4) is 0 Å². The third kappa shape index (κ3) is 1.74. The molecule has 0 bridgehead atoms. The Hall–Kier alpha value is -1.95. The summed E-state index contributed by atoms with van der Waals surface area (Å²) in [4.78, 5) is 17.6. The van der Waals surface area contributed by atoms with Crippen LogP contribution in [0.25, 0.3) is 21.9 Å². The summed E-state index contributed by atoms with van der Waals surface area (Å²) in [5, 5.41) is 3.95. The maximum Gasteiger partial charge on any atom is 0.183 e. The van der Waals surface area contributed by atoms with E-state index >= 15 is 0 Å². The fraction of sp³-hybridized carbons (Fsp3) is 0.250. The molecule has 0 saturated carbocycles. The standard InChI is InChI=1S/C12H13N5S/c1-6-4-8-10(14-5-6)17-11(16-8)9-7(2)15-12(13-3)18-9/h4-5H,1-3H3,(H,13,15)(H,14,16,17). The lowest BCUT2D eigenvalue weighted by Gasteiger charge is -1.90. The number of H-pyrrole nitrogens is 1. The lowest BCUT2D eigenvalue weighted by atomic mass is 10.3. The van der Waals surface area contributed by atoms with Gasteiger partial charge in [-0.3, -0.25) is 0 Å². The maximum absolute atomic E-state index is 4.51. The van der Waals surface area contributed by atoms with Crippen molar-refractivity contribution < 1.29 is 0 Å². The molecule has 3 rings (SSSR count). The van der Waals surface area contributed by atoms with Crippen molar-refractivity contribution in [2.75, 3.05) is 12.4 Å². The largest absolute Gasteiger partial charge is 0.365 e. The fourth-order valence-corrected chi connectivity index (χ4v) is 2.70. The Labute approximate surface area is 108 Å². The molecule has 3 aromatic heterocycles. The number of hydrogen-bond donors (Lipinski definition) is 2. The molecule has 5 nitrogen and oxygen atoms in total. The summed E-state index contributed by atoms with van der Waals surface area (Å²) in [6, 6.07) is 2.05. The Balaban J connectivity index is 2.15. The normalized spacial score (nSPS) is 11.1. The van der Waals surface area contributed by atoms with Gasteiger partial charge in [-0.1, -0.05) is 11.3 Å². The quantitative estimate of drug-likeness (QED) is 0.742. The molecule has 0 amide bonds. The van der Waals surface area contributed by atoms with Crippen molar-refractivity contribution in [1.82, 2.24) is 19.9 Å². The molecule has 92 valence electrons. The van der Waals surface area contributed by atoms with Crippen LogP contribution in [0.2, 0.25) is 0 Å². The van der Waals surface area contributed by atoms with Gasteiger partial charge in [0, 0.05) is 13.2 Å². The van der Waals surface area contributed by atoms with E-state index < -0.39 is 0 Å². The van der Waals surface area contributed by atoms with Gasteiger partial charge >= 0.3 is 0 Å². The topological polar surface area (TPSA) is 66.5 Å². The molecule has 0 saturated heterocycles. The van der Waals surface area contributed by atoms with E-state index in [0.29, 0.717) is 0 Å². The third-order valence-electron chi connectivity index (χ3n) is 2.70. The molecule has 0 radical (unpaired) electrons. The molecule has 6 heteroatoms. The predicted molar refractivity (Wildman–Crippen MR) is 74.0 cm³/mol. The highest BCUT2D eigenvalue weighted by molar-refractivity contribution is 7.19. The molecule has 0 aromatic carbocycles. The van der Waals surface area contributed by atoms with Crippen LogP contribution in [0.4, 0.5) is 5.13 Å². The Bertz CT molecular complexity index is 712. The van der Waals surface area contributed by atoms with Crippen LogP contribution in [-0.4, -0.2) is 27.0 Å². The van der Waals surface area contributed by atoms with Crippen molar-refractivity contribution >= 4 is 27.6 Å². The number of aromatic amines is 1. The lowest BCUT2D eigenvalue weighted by Crippen LogP contribution is -1.85. The molecular formula is C12H13N5S. The fourth-order valence-electron chi connectivity index (χ4n) is 1.84. The zero-order chi connectivity index (χ0) is 12.7. The van der Waals surface area contributed by atoms with Gasteiger partial charge in [-0.2, -0.15) is 0 Å². The van der Waals surface area contributed by atoms with Crippen LogP contribution in [0, 0.1) is 13.8 Å². The molecule has 0 aliphatic rings. The van der Waals surface area contributed by atoms with Crippen LogP contribution in [0.5, 0.6) is 0 Å². The number of pyridine rings is 1. The molecule has 0 atom stereocenters. The van der Waals surface area contributed by atoms with Gasteiger partial charge in [0.1, 0.15) is 0 Å². The van der Waals surface area contributed by atoms with Crippen molar-refractivity contribution in [3.63, 3.8) is 0 Å². The molecule has 0 aliphatic carbocycles. The first-order valence-electron chi connectivity index (χ1n) is 5.65. The van der Waals surface area contributed by atoms with Crippen LogP contribution in [0.1, 0.15) is 11.3 Å². The third-order valence-corrected chi connectivity index (χ3v) is 3.88. The minimum Gasteiger partial charge on any atom is -0.365 e. The van der Waals surface area contributed by atoms with Crippen LogP contribution in [0.15, 0.2) is 12.3 Å². The van der Waals surface area contributed by atoms with Crippen LogP contribution in [-0.2, 0) is 0 Å². The van der Waals surface area contributed by atoms with Crippen molar-refractivity contribution in [3.05, 3.63) is 23.5 Å². The Morgan fingerprint density at radius 1 is 1.28 bits per heavy atom. The van der Waals surface area contributed by atoms with E-state index in [4.69, 9.17) is 0 Å². The number of aryl methyl sites for hydroxylation is 2. The predicted octanol–water partition coefficient (Wildman–Crippen LogP) is 2.74. The number of fused-ring (bicyclic) bond motifs is 1.